The van der Waals surface area contributed by atoms with Gasteiger partial charge >= 0.3 is 0 Å². The zero-order valence-corrected chi connectivity index (χ0v) is 9.44. The average Bonchev–Trinajstić information content (AvgIpc) is 3.11. The zero-order valence-electron chi connectivity index (χ0n) is 9.44. The summed E-state index contributed by atoms with van der Waals surface area (Å²) in [6.45, 7) is 2.40. The van der Waals surface area contributed by atoms with Crippen LogP contribution in [0.3, 0.4) is 0 Å². The van der Waals surface area contributed by atoms with E-state index in [2.05, 4.69) is 15.6 Å². The minimum Gasteiger partial charge on any atom is -0.352 e. The van der Waals surface area contributed by atoms with E-state index in [0.29, 0.717) is 12.6 Å². The van der Waals surface area contributed by atoms with Crippen LogP contribution in [-0.4, -0.2) is 23.5 Å². The van der Waals surface area contributed by atoms with Gasteiger partial charge in [-0.3, -0.25) is 9.78 Å². The van der Waals surface area contributed by atoms with Crippen LogP contribution in [0.5, 0.6) is 0 Å². The third-order valence-electron chi connectivity index (χ3n) is 2.70. The summed E-state index contributed by atoms with van der Waals surface area (Å²) in [6.07, 6.45) is 5.82. The van der Waals surface area contributed by atoms with Crippen molar-refractivity contribution in [3.63, 3.8) is 0 Å². The van der Waals surface area contributed by atoms with Gasteiger partial charge in [-0.1, -0.05) is 6.07 Å². The van der Waals surface area contributed by atoms with Gasteiger partial charge in [0.05, 0.1) is 6.54 Å². The predicted molar refractivity (Wildman–Crippen MR) is 61.8 cm³/mol. The summed E-state index contributed by atoms with van der Waals surface area (Å²) in [5, 5.41) is 6.12. The molecular weight excluding hydrogens is 202 g/mol. The van der Waals surface area contributed by atoms with Crippen LogP contribution in [-0.2, 0) is 4.79 Å². The summed E-state index contributed by atoms with van der Waals surface area (Å²) < 4.78 is 0. The van der Waals surface area contributed by atoms with Crippen molar-refractivity contribution in [1.29, 1.82) is 0 Å². The zero-order chi connectivity index (χ0) is 11.4. The monoisotopic (exact) mass is 219 g/mol. The van der Waals surface area contributed by atoms with E-state index in [4.69, 9.17) is 0 Å². The molecule has 0 aromatic carbocycles. The van der Waals surface area contributed by atoms with Gasteiger partial charge in [0.15, 0.2) is 0 Å². The summed E-state index contributed by atoms with van der Waals surface area (Å²) in [6, 6.07) is 4.49. The molecule has 0 radical (unpaired) electrons. The Morgan fingerprint density at radius 2 is 2.44 bits per heavy atom. The molecule has 1 amide bonds. The van der Waals surface area contributed by atoms with Gasteiger partial charge in [0.1, 0.15) is 0 Å². The Kier molecular flexibility index (Phi) is 3.51. The Bertz CT molecular complexity index is 349. The Morgan fingerprint density at radius 3 is 3.06 bits per heavy atom. The van der Waals surface area contributed by atoms with Crippen molar-refractivity contribution in [2.75, 3.05) is 6.54 Å². The molecule has 1 fully saturated rings. The molecule has 4 heteroatoms. The molecule has 1 aromatic rings. The van der Waals surface area contributed by atoms with E-state index in [0.717, 1.165) is 18.4 Å². The van der Waals surface area contributed by atoms with Crippen LogP contribution < -0.4 is 10.6 Å². The molecule has 2 N–H and O–H groups in total. The fourth-order valence-corrected chi connectivity index (χ4v) is 1.50. The Labute approximate surface area is 95.5 Å². The van der Waals surface area contributed by atoms with E-state index in [9.17, 15) is 4.79 Å². The molecule has 1 heterocycles. The van der Waals surface area contributed by atoms with E-state index in [1.807, 2.05) is 25.3 Å². The van der Waals surface area contributed by atoms with Crippen LogP contribution in [0.2, 0.25) is 0 Å². The van der Waals surface area contributed by atoms with Crippen LogP contribution in [0.25, 0.3) is 0 Å². The molecule has 1 aliphatic carbocycles. The van der Waals surface area contributed by atoms with Crippen LogP contribution in [0, 0.1) is 0 Å². The number of amides is 1. The molecule has 0 bridgehead atoms. The summed E-state index contributed by atoms with van der Waals surface area (Å²) >= 11 is 0. The normalized spacial score (nSPS) is 16.8. The number of pyridine rings is 1. The number of nitrogens with zero attached hydrogens (tertiary/aromatic N) is 1. The molecule has 16 heavy (non-hydrogen) atoms. The molecule has 0 saturated heterocycles. The molecule has 0 spiro atoms. The molecule has 86 valence electrons. The SMILES string of the molecule is CC(NCC(=O)NC1CC1)c1cccnc1. The van der Waals surface area contributed by atoms with Gasteiger partial charge in [0.25, 0.3) is 0 Å². The van der Waals surface area contributed by atoms with Crippen LogP contribution in [0.15, 0.2) is 24.5 Å². The number of nitrogens with one attached hydrogen (secondary N) is 2. The average molecular weight is 219 g/mol. The Hall–Kier alpha value is -1.42. The van der Waals surface area contributed by atoms with E-state index >= 15 is 0 Å². The first-order chi connectivity index (χ1) is 7.75. The predicted octanol–water partition coefficient (Wildman–Crippen LogP) is 1.01. The van der Waals surface area contributed by atoms with Gasteiger partial charge in [-0.05, 0) is 31.4 Å². The molecule has 1 aliphatic rings. The van der Waals surface area contributed by atoms with Gasteiger partial charge in [-0.2, -0.15) is 0 Å². The highest BCUT2D eigenvalue weighted by Gasteiger charge is 2.23. The number of hydrogen-bond donors (Lipinski definition) is 2. The van der Waals surface area contributed by atoms with Crippen molar-refractivity contribution < 1.29 is 4.79 Å². The van der Waals surface area contributed by atoms with Crippen LogP contribution in [0.1, 0.15) is 31.4 Å². The quantitative estimate of drug-likeness (QED) is 0.777. The number of carbonyl (C=O) groups excluding carboxylic acids is 1. The van der Waals surface area contributed by atoms with Gasteiger partial charge < -0.3 is 10.6 Å². The van der Waals surface area contributed by atoms with Crippen molar-refractivity contribution in [2.45, 2.75) is 31.8 Å². The molecule has 1 atom stereocenters. The van der Waals surface area contributed by atoms with Crippen molar-refractivity contribution in [3.8, 4) is 0 Å². The molecule has 0 aliphatic heterocycles. The van der Waals surface area contributed by atoms with Gasteiger partial charge in [0, 0.05) is 24.5 Å². The Balaban J connectivity index is 1.74. The maximum atomic E-state index is 11.4. The lowest BCUT2D eigenvalue weighted by Crippen LogP contribution is -2.36. The first-order valence-corrected chi connectivity index (χ1v) is 5.68. The minimum atomic E-state index is 0.0817. The van der Waals surface area contributed by atoms with E-state index in [1.54, 1.807) is 6.20 Å². The third kappa shape index (κ3) is 3.31. The second kappa shape index (κ2) is 5.07. The fraction of sp³-hybridized carbons (Fsp3) is 0.500. The lowest BCUT2D eigenvalue weighted by Gasteiger charge is -2.13. The molecule has 1 saturated carbocycles. The van der Waals surface area contributed by atoms with Gasteiger partial charge in [-0.15, -0.1) is 0 Å². The first-order valence-electron chi connectivity index (χ1n) is 5.68. The fourth-order valence-electron chi connectivity index (χ4n) is 1.50. The first kappa shape index (κ1) is 11.1. The second-order valence-electron chi connectivity index (χ2n) is 4.23. The maximum Gasteiger partial charge on any atom is 0.234 e. The highest BCUT2D eigenvalue weighted by Crippen LogP contribution is 2.18. The van der Waals surface area contributed by atoms with Crippen molar-refractivity contribution in [3.05, 3.63) is 30.1 Å². The standard InChI is InChI=1S/C12H17N3O/c1-9(10-3-2-6-13-7-10)14-8-12(16)15-11-4-5-11/h2-3,6-7,9,11,14H,4-5,8H2,1H3,(H,15,16). The molecule has 4 nitrogen and oxygen atoms in total. The summed E-state index contributed by atoms with van der Waals surface area (Å²) in [4.78, 5) is 15.5. The van der Waals surface area contributed by atoms with E-state index < -0.39 is 0 Å². The molecule has 1 unspecified atom stereocenters. The number of hydrogen-bond acceptors (Lipinski definition) is 3. The second-order valence-corrected chi connectivity index (χ2v) is 4.23. The van der Waals surface area contributed by atoms with Crippen LogP contribution in [0.4, 0.5) is 0 Å². The van der Waals surface area contributed by atoms with Crippen molar-refractivity contribution in [2.24, 2.45) is 0 Å². The summed E-state index contributed by atoms with van der Waals surface area (Å²) in [7, 11) is 0. The number of carbonyl (C=O) groups is 1. The van der Waals surface area contributed by atoms with E-state index in [-0.39, 0.29) is 11.9 Å². The lowest BCUT2D eigenvalue weighted by molar-refractivity contribution is -0.120. The summed E-state index contributed by atoms with van der Waals surface area (Å²) in [5.74, 6) is 0.0817. The number of aromatic nitrogens is 1. The minimum absolute atomic E-state index is 0.0817. The maximum absolute atomic E-state index is 11.4. The topological polar surface area (TPSA) is 54.0 Å². The molecule has 1 aromatic heterocycles. The lowest BCUT2D eigenvalue weighted by atomic mass is 10.1. The van der Waals surface area contributed by atoms with E-state index in [1.165, 1.54) is 0 Å². The highest BCUT2D eigenvalue weighted by molar-refractivity contribution is 5.78. The van der Waals surface area contributed by atoms with Crippen molar-refractivity contribution >= 4 is 5.91 Å². The molecular formula is C12H17N3O. The third-order valence-corrected chi connectivity index (χ3v) is 2.70. The summed E-state index contributed by atoms with van der Waals surface area (Å²) in [5.41, 5.74) is 1.10. The van der Waals surface area contributed by atoms with Gasteiger partial charge in [0.2, 0.25) is 5.91 Å². The largest absolute Gasteiger partial charge is 0.352 e. The smallest absolute Gasteiger partial charge is 0.234 e. The molecule has 2 rings (SSSR count). The van der Waals surface area contributed by atoms with Crippen molar-refractivity contribution in [1.82, 2.24) is 15.6 Å². The number of rotatable bonds is 5. The Morgan fingerprint density at radius 1 is 1.62 bits per heavy atom. The van der Waals surface area contributed by atoms with Crippen LogP contribution >= 0.6 is 0 Å². The highest BCUT2D eigenvalue weighted by atomic mass is 16.2. The van der Waals surface area contributed by atoms with Gasteiger partial charge in [-0.25, -0.2) is 0 Å².